The molecule has 0 N–H and O–H groups in total. The van der Waals surface area contributed by atoms with Crippen LogP contribution in [-0.4, -0.2) is 13.3 Å². The van der Waals surface area contributed by atoms with Crippen LogP contribution in [0, 0.1) is 0 Å². The van der Waals surface area contributed by atoms with Crippen LogP contribution in [0.1, 0.15) is 36.5 Å². The maximum absolute atomic E-state index is 2.51. The summed E-state index contributed by atoms with van der Waals surface area (Å²) in [6, 6.07) is 18.1. The van der Waals surface area contributed by atoms with Gasteiger partial charge in [0.05, 0.1) is 0 Å². The number of allylic oxidation sites excluding steroid dienone is 2. The Bertz CT molecular complexity index is 826. The Balaban J connectivity index is 0.00000113. The summed E-state index contributed by atoms with van der Waals surface area (Å²) in [5.74, 6) is 0. The maximum atomic E-state index is 2.51. The molecule has 2 unspecified atom stereocenters. The smallest absolute Gasteiger partial charge is 1.00 e. The molecule has 4 heteroatoms. The van der Waals surface area contributed by atoms with Crippen molar-refractivity contribution in [2.24, 2.45) is 0 Å². The van der Waals surface area contributed by atoms with Crippen LogP contribution in [0.5, 0.6) is 0 Å². The molecule has 0 spiro atoms. The molecule has 2 aliphatic rings. The second kappa shape index (κ2) is 8.18. The van der Waals surface area contributed by atoms with Crippen molar-refractivity contribution in [3.8, 4) is 0 Å². The summed E-state index contributed by atoms with van der Waals surface area (Å²) >= 11 is -0.920. The minimum atomic E-state index is -0.920. The Morgan fingerprint density at radius 2 is 1.28 bits per heavy atom. The van der Waals surface area contributed by atoms with E-state index in [1.165, 1.54) is 11.1 Å². The van der Waals surface area contributed by atoms with Gasteiger partial charge in [-0.1, -0.05) is 0 Å². The molecule has 128 valence electrons. The van der Waals surface area contributed by atoms with Crippen molar-refractivity contribution in [1.29, 1.82) is 0 Å². The van der Waals surface area contributed by atoms with Crippen LogP contribution in [0.4, 0.5) is 0 Å². The predicted molar refractivity (Wildman–Crippen MR) is 98.8 cm³/mol. The van der Waals surface area contributed by atoms with Crippen molar-refractivity contribution in [3.63, 3.8) is 0 Å². The van der Waals surface area contributed by atoms with Gasteiger partial charge in [-0.05, 0) is 0 Å². The van der Waals surface area contributed by atoms with E-state index in [0.29, 0.717) is 0 Å². The third kappa shape index (κ3) is 3.64. The van der Waals surface area contributed by atoms with E-state index in [9.17, 15) is 0 Å². The van der Waals surface area contributed by atoms with Crippen LogP contribution < -0.4 is 9.41 Å². The van der Waals surface area contributed by atoms with Gasteiger partial charge in [0.2, 0.25) is 0 Å². The Morgan fingerprint density at radius 1 is 0.760 bits per heavy atom. The predicted octanol–water partition coefficient (Wildman–Crippen LogP) is 0.0724. The van der Waals surface area contributed by atoms with Gasteiger partial charge in [0.1, 0.15) is 0 Å². The number of fused-ring (bicyclic) bond motifs is 2. The quantitative estimate of drug-likeness (QED) is 0.397. The molecule has 2 atom stereocenters. The van der Waals surface area contributed by atoms with Gasteiger partial charge >= 0.3 is 152 Å². The van der Waals surface area contributed by atoms with Crippen LogP contribution in [0.15, 0.2) is 59.4 Å². The molecule has 0 nitrogen and oxygen atoms in total. The zero-order chi connectivity index (χ0) is 16.0. The number of hydrogen-bond acceptors (Lipinski definition) is 0. The molecule has 0 fully saturated rings. The van der Waals surface area contributed by atoms with E-state index >= 15 is 0 Å². The first kappa shape index (κ1) is 20.4. The fourth-order valence-corrected chi connectivity index (χ4v) is 14.7. The van der Waals surface area contributed by atoms with Crippen molar-refractivity contribution >= 4 is 20.1 Å². The van der Waals surface area contributed by atoms with E-state index in [1.807, 2.05) is 0 Å². The van der Waals surface area contributed by atoms with Gasteiger partial charge in [-0.3, -0.25) is 0 Å². The van der Waals surface area contributed by atoms with Gasteiger partial charge in [0, 0.05) is 0 Å². The molecule has 0 bridgehead atoms. The molecule has 0 radical (unpaired) electrons. The second-order valence-corrected chi connectivity index (χ2v) is 14.3. The standard InChI is InChI=1S/C11H12P.C10H9.2FH.Hf/c1-12(2)11-7-9-5-3-4-6-10(9)8-11;1-8-6-9-4-2-3-5-10(9)7-8;;;/h3-8H,1-2H3;2-7H,1H3;2*1H;/q;;;;+2/p-2. The number of halogens is 2. The summed E-state index contributed by atoms with van der Waals surface area (Å²) in [6.07, 6.45) is 4.94. The van der Waals surface area contributed by atoms with Gasteiger partial charge < -0.3 is 9.41 Å². The van der Waals surface area contributed by atoms with E-state index in [4.69, 9.17) is 0 Å². The van der Waals surface area contributed by atoms with Crippen LogP contribution in [0.2, 0.25) is 0 Å². The van der Waals surface area contributed by atoms with Crippen LogP contribution >= 0.6 is 7.92 Å². The Labute approximate surface area is 161 Å². The first-order valence-corrected chi connectivity index (χ1v) is 14.5. The Morgan fingerprint density at radius 3 is 1.88 bits per heavy atom. The van der Waals surface area contributed by atoms with Crippen molar-refractivity contribution in [1.82, 2.24) is 0 Å². The van der Waals surface area contributed by atoms with Gasteiger partial charge in [0.15, 0.2) is 0 Å². The molecule has 4 rings (SSSR count). The molecule has 2 aromatic carbocycles. The third-order valence-corrected chi connectivity index (χ3v) is 14.6. The Kier molecular flexibility index (Phi) is 6.68. The normalized spacial score (nSPS) is 19.8. The van der Waals surface area contributed by atoms with E-state index in [-0.39, 0.29) is 17.3 Å². The van der Waals surface area contributed by atoms with E-state index < -0.39 is 22.9 Å². The van der Waals surface area contributed by atoms with Gasteiger partial charge in [-0.25, -0.2) is 0 Å². The summed E-state index contributed by atoms with van der Waals surface area (Å²) in [6.45, 7) is 7.20. The van der Waals surface area contributed by atoms with Crippen molar-refractivity contribution in [3.05, 3.63) is 81.7 Å². The molecule has 0 aromatic heterocycles. The molecule has 2 aliphatic carbocycles. The summed E-state index contributed by atoms with van der Waals surface area (Å²) in [5, 5.41) is 1.75. The molecule has 25 heavy (non-hydrogen) atoms. The van der Waals surface area contributed by atoms with E-state index in [1.54, 1.807) is 22.0 Å². The molecular formula is C21H21F2HfP. The zero-order valence-electron chi connectivity index (χ0n) is 14.6. The number of rotatable bonds is 3. The summed E-state index contributed by atoms with van der Waals surface area (Å²) in [7, 11) is 0.00124. The first-order valence-electron chi connectivity index (χ1n) is 8.16. The van der Waals surface area contributed by atoms with Crippen LogP contribution in [0.3, 0.4) is 0 Å². The molecule has 0 saturated carbocycles. The number of hydrogen-bond donors (Lipinski definition) is 0. The first-order chi connectivity index (χ1) is 11.1. The van der Waals surface area contributed by atoms with Gasteiger partial charge in [-0.15, -0.1) is 0 Å². The van der Waals surface area contributed by atoms with E-state index in [0.717, 1.165) is 7.35 Å². The van der Waals surface area contributed by atoms with Crippen molar-refractivity contribution in [2.75, 3.05) is 13.3 Å². The summed E-state index contributed by atoms with van der Waals surface area (Å²) in [4.78, 5) is 0. The SMILES string of the molecule is CC1=Cc2ccccc2[CH]1[Hf+2][CH]1C(P(C)C)=Cc2ccccc21.[F-].[F-]. The Hall–Kier alpha value is -0.920. The van der Waals surface area contributed by atoms with Gasteiger partial charge in [0.25, 0.3) is 0 Å². The zero-order valence-corrected chi connectivity index (χ0v) is 19.1. The summed E-state index contributed by atoms with van der Waals surface area (Å²) in [5.41, 5.74) is 7.79. The molecule has 2 aromatic rings. The molecular weight excluding hydrogens is 500 g/mol. The van der Waals surface area contributed by atoms with Gasteiger partial charge in [-0.2, -0.15) is 0 Å². The minimum absolute atomic E-state index is 0. The topological polar surface area (TPSA) is 0 Å². The fraction of sp³-hybridized carbons (Fsp3) is 0.238. The summed E-state index contributed by atoms with van der Waals surface area (Å²) < 4.78 is 1.55. The molecule has 0 heterocycles. The fourth-order valence-electron chi connectivity index (χ4n) is 3.74. The number of benzene rings is 2. The second-order valence-electron chi connectivity index (χ2n) is 6.64. The van der Waals surface area contributed by atoms with E-state index in [2.05, 4.69) is 80.9 Å². The minimum Gasteiger partial charge on any atom is -1.00 e. The third-order valence-electron chi connectivity index (χ3n) is 4.90. The van der Waals surface area contributed by atoms with Crippen LogP contribution in [0.25, 0.3) is 12.2 Å². The van der Waals surface area contributed by atoms with Crippen LogP contribution in [-0.2, 0) is 22.9 Å². The van der Waals surface area contributed by atoms with Crippen molar-refractivity contribution in [2.45, 2.75) is 14.3 Å². The monoisotopic (exact) mass is 522 g/mol. The molecule has 0 aliphatic heterocycles. The largest absolute Gasteiger partial charge is 1.00 e. The maximum Gasteiger partial charge on any atom is -1.00 e. The van der Waals surface area contributed by atoms with Crippen molar-refractivity contribution < 1.29 is 32.3 Å². The molecule has 0 saturated heterocycles. The molecule has 0 amide bonds. The average Bonchev–Trinajstić information content (AvgIpc) is 3.07. The average molecular weight is 521 g/mol.